The van der Waals surface area contributed by atoms with Gasteiger partial charge in [0.2, 0.25) is 0 Å². The van der Waals surface area contributed by atoms with Crippen molar-refractivity contribution in [3.8, 4) is 0 Å². The second kappa shape index (κ2) is 5.39. The Morgan fingerprint density at radius 2 is 1.47 bits per heavy atom. The number of benzene rings is 2. The van der Waals surface area contributed by atoms with E-state index in [2.05, 4.69) is 10.0 Å². The molecule has 0 saturated heterocycles. The molecule has 0 aliphatic rings. The Morgan fingerprint density at radius 1 is 0.941 bits per heavy atom. The smallest absolute Gasteiger partial charge is 0.123 e. The quantitative estimate of drug-likeness (QED) is 0.430. The highest BCUT2D eigenvalue weighted by molar-refractivity contribution is 7.99. The predicted molar refractivity (Wildman–Crippen MR) is 65.8 cm³/mol. The van der Waals surface area contributed by atoms with E-state index < -0.39 is 0 Å². The average molecular weight is 245 g/mol. The molecule has 17 heavy (non-hydrogen) atoms. The van der Waals surface area contributed by atoms with Crippen molar-refractivity contribution in [1.82, 2.24) is 0 Å². The van der Waals surface area contributed by atoms with Gasteiger partial charge in [-0.1, -0.05) is 29.0 Å². The molecular formula is C12H8FN3S. The van der Waals surface area contributed by atoms with Gasteiger partial charge in [-0.05, 0) is 41.9 Å². The molecule has 3 nitrogen and oxygen atoms in total. The van der Waals surface area contributed by atoms with Crippen LogP contribution in [0.5, 0.6) is 0 Å². The average Bonchev–Trinajstić information content (AvgIpc) is 2.35. The number of hydrogen-bond acceptors (Lipinski definition) is 2. The first-order valence-electron chi connectivity index (χ1n) is 4.86. The molecule has 0 aliphatic heterocycles. The van der Waals surface area contributed by atoms with Crippen LogP contribution >= 0.6 is 11.8 Å². The lowest BCUT2D eigenvalue weighted by molar-refractivity contribution is 0.626. The number of rotatable bonds is 3. The molecule has 2 aromatic rings. The fraction of sp³-hybridized carbons (Fsp3) is 0. The van der Waals surface area contributed by atoms with Gasteiger partial charge in [-0.3, -0.25) is 0 Å². The normalized spacial score (nSPS) is 9.71. The van der Waals surface area contributed by atoms with E-state index in [0.29, 0.717) is 5.69 Å². The van der Waals surface area contributed by atoms with Crippen molar-refractivity contribution >= 4 is 17.4 Å². The van der Waals surface area contributed by atoms with E-state index in [9.17, 15) is 4.39 Å². The standard InChI is InChI=1S/C12H8FN3S/c13-9-1-5-11(6-2-9)17-12-7-3-10(4-8-12)15-16-14/h1-8H. The van der Waals surface area contributed by atoms with Crippen molar-refractivity contribution in [2.45, 2.75) is 9.79 Å². The van der Waals surface area contributed by atoms with Gasteiger partial charge in [-0.2, -0.15) is 0 Å². The van der Waals surface area contributed by atoms with E-state index in [1.54, 1.807) is 24.3 Å². The number of halogens is 1. The molecule has 0 spiro atoms. The number of nitrogens with zero attached hydrogens (tertiary/aromatic N) is 3. The van der Waals surface area contributed by atoms with E-state index >= 15 is 0 Å². The Kier molecular flexibility index (Phi) is 3.65. The number of hydrogen-bond donors (Lipinski definition) is 0. The maximum absolute atomic E-state index is 12.7. The largest absolute Gasteiger partial charge is 0.207 e. The van der Waals surface area contributed by atoms with Gasteiger partial charge in [0.05, 0.1) is 0 Å². The lowest BCUT2D eigenvalue weighted by atomic mass is 10.3. The van der Waals surface area contributed by atoms with Crippen LogP contribution in [0.4, 0.5) is 10.1 Å². The summed E-state index contributed by atoms with van der Waals surface area (Å²) in [6.07, 6.45) is 0. The van der Waals surface area contributed by atoms with Gasteiger partial charge in [0.25, 0.3) is 0 Å². The molecule has 2 rings (SSSR count). The van der Waals surface area contributed by atoms with E-state index in [4.69, 9.17) is 5.53 Å². The Bertz CT molecular complexity index is 545. The second-order valence-corrected chi connectivity index (χ2v) is 4.39. The first-order valence-corrected chi connectivity index (χ1v) is 5.68. The first kappa shape index (κ1) is 11.5. The van der Waals surface area contributed by atoms with Gasteiger partial charge in [-0.15, -0.1) is 0 Å². The molecule has 0 aliphatic carbocycles. The topological polar surface area (TPSA) is 48.8 Å². The highest BCUT2D eigenvalue weighted by atomic mass is 32.2. The van der Waals surface area contributed by atoms with Crippen LogP contribution in [-0.2, 0) is 0 Å². The lowest BCUT2D eigenvalue weighted by Crippen LogP contribution is -1.75. The Hall–Kier alpha value is -1.97. The summed E-state index contributed by atoms with van der Waals surface area (Å²) in [5.41, 5.74) is 8.85. The summed E-state index contributed by atoms with van der Waals surface area (Å²) in [5.74, 6) is -0.243. The van der Waals surface area contributed by atoms with Crippen molar-refractivity contribution in [1.29, 1.82) is 0 Å². The van der Waals surface area contributed by atoms with E-state index in [0.717, 1.165) is 9.79 Å². The Labute approximate surface area is 102 Å². The summed E-state index contributed by atoms with van der Waals surface area (Å²) in [6, 6.07) is 13.5. The number of azide groups is 1. The van der Waals surface area contributed by atoms with Crippen molar-refractivity contribution in [2.75, 3.05) is 0 Å². The van der Waals surface area contributed by atoms with Crippen LogP contribution in [0.3, 0.4) is 0 Å². The summed E-state index contributed by atoms with van der Waals surface area (Å²) < 4.78 is 12.7. The minimum atomic E-state index is -0.243. The minimum Gasteiger partial charge on any atom is -0.207 e. The summed E-state index contributed by atoms with van der Waals surface area (Å²) >= 11 is 1.52. The maximum Gasteiger partial charge on any atom is 0.123 e. The minimum absolute atomic E-state index is 0.243. The predicted octanol–water partition coefficient (Wildman–Crippen LogP) is 4.92. The molecule has 0 bridgehead atoms. The molecule has 0 heterocycles. The molecule has 84 valence electrons. The Balaban J connectivity index is 2.13. The van der Waals surface area contributed by atoms with Crippen LogP contribution in [0.1, 0.15) is 0 Å². The molecule has 0 aromatic heterocycles. The SMILES string of the molecule is [N-]=[N+]=Nc1ccc(Sc2ccc(F)cc2)cc1. The third-order valence-electron chi connectivity index (χ3n) is 2.05. The van der Waals surface area contributed by atoms with Gasteiger partial charge < -0.3 is 0 Å². The van der Waals surface area contributed by atoms with Crippen molar-refractivity contribution in [2.24, 2.45) is 5.11 Å². The third-order valence-corrected chi connectivity index (χ3v) is 3.06. The molecule has 0 N–H and O–H groups in total. The summed E-state index contributed by atoms with van der Waals surface area (Å²) in [5, 5.41) is 3.49. The zero-order valence-electron chi connectivity index (χ0n) is 8.75. The van der Waals surface area contributed by atoms with Crippen LogP contribution < -0.4 is 0 Å². The van der Waals surface area contributed by atoms with Gasteiger partial charge in [-0.25, -0.2) is 4.39 Å². The van der Waals surface area contributed by atoms with Crippen LogP contribution in [0.25, 0.3) is 10.4 Å². The fourth-order valence-corrected chi connectivity index (χ4v) is 2.09. The van der Waals surface area contributed by atoms with Crippen molar-refractivity contribution < 1.29 is 4.39 Å². The Morgan fingerprint density at radius 3 is 2.00 bits per heavy atom. The monoisotopic (exact) mass is 245 g/mol. The molecular weight excluding hydrogens is 237 g/mol. The zero-order valence-corrected chi connectivity index (χ0v) is 9.56. The molecule has 0 unspecified atom stereocenters. The third kappa shape index (κ3) is 3.24. The van der Waals surface area contributed by atoms with E-state index in [-0.39, 0.29) is 5.82 Å². The fourth-order valence-electron chi connectivity index (χ4n) is 1.27. The summed E-state index contributed by atoms with van der Waals surface area (Å²) in [4.78, 5) is 4.67. The molecule has 5 heteroatoms. The highest BCUT2D eigenvalue weighted by Gasteiger charge is 1.98. The molecule has 0 amide bonds. The van der Waals surface area contributed by atoms with Gasteiger partial charge in [0.15, 0.2) is 0 Å². The van der Waals surface area contributed by atoms with Crippen LogP contribution in [0, 0.1) is 5.82 Å². The summed E-state index contributed by atoms with van der Waals surface area (Å²) in [7, 11) is 0. The second-order valence-electron chi connectivity index (χ2n) is 3.24. The maximum atomic E-state index is 12.7. The summed E-state index contributed by atoms with van der Waals surface area (Å²) in [6.45, 7) is 0. The van der Waals surface area contributed by atoms with Crippen LogP contribution in [-0.4, -0.2) is 0 Å². The van der Waals surface area contributed by atoms with Crippen molar-refractivity contribution in [3.05, 3.63) is 64.8 Å². The molecule has 0 saturated carbocycles. The van der Waals surface area contributed by atoms with E-state index in [1.807, 2.05) is 12.1 Å². The first-order chi connectivity index (χ1) is 8.28. The van der Waals surface area contributed by atoms with Crippen molar-refractivity contribution in [3.63, 3.8) is 0 Å². The molecule has 0 fully saturated rings. The zero-order chi connectivity index (χ0) is 12.1. The molecule has 2 aromatic carbocycles. The van der Waals surface area contributed by atoms with Gasteiger partial charge in [0, 0.05) is 20.4 Å². The highest BCUT2D eigenvalue weighted by Crippen LogP contribution is 2.29. The van der Waals surface area contributed by atoms with Gasteiger partial charge >= 0.3 is 0 Å². The van der Waals surface area contributed by atoms with Gasteiger partial charge in [0.1, 0.15) is 5.82 Å². The van der Waals surface area contributed by atoms with Crippen LogP contribution in [0.15, 0.2) is 63.4 Å². The molecule has 0 radical (unpaired) electrons. The van der Waals surface area contributed by atoms with E-state index in [1.165, 1.54) is 23.9 Å². The molecule has 0 atom stereocenters. The lowest BCUT2D eigenvalue weighted by Gasteiger charge is -2.01. The van der Waals surface area contributed by atoms with Crippen LogP contribution in [0.2, 0.25) is 0 Å².